The SMILES string of the molecule is c1cc(-c2ccc3oc4c(c3c2)-c2cccc3cccc-4c23)cc(-c2ccc3c4ccccc4c4ccccc4c3c2)c1. The number of hydrogen-bond donors (Lipinski definition) is 0. The molecular weight excluding hydrogens is 520 g/mol. The van der Waals surface area contributed by atoms with Gasteiger partial charge in [0.05, 0.1) is 0 Å². The normalized spacial score (nSPS) is 12.2. The van der Waals surface area contributed by atoms with E-state index in [2.05, 4.69) is 146 Å². The van der Waals surface area contributed by atoms with E-state index in [9.17, 15) is 0 Å². The van der Waals surface area contributed by atoms with Crippen molar-refractivity contribution in [2.45, 2.75) is 0 Å². The minimum absolute atomic E-state index is 0.935. The highest BCUT2D eigenvalue weighted by Gasteiger charge is 2.27. The molecule has 0 radical (unpaired) electrons. The number of rotatable bonds is 2. The second-order valence-corrected chi connectivity index (χ2v) is 11.7. The summed E-state index contributed by atoms with van der Waals surface area (Å²) < 4.78 is 6.47. The van der Waals surface area contributed by atoms with Gasteiger partial charge in [0.2, 0.25) is 0 Å². The Morgan fingerprint density at radius 3 is 1.58 bits per heavy atom. The van der Waals surface area contributed by atoms with Gasteiger partial charge in [0, 0.05) is 21.9 Å². The van der Waals surface area contributed by atoms with E-state index in [0.717, 1.165) is 11.3 Å². The third-order valence-corrected chi connectivity index (χ3v) is 9.38. The van der Waals surface area contributed by atoms with Gasteiger partial charge in [-0.1, -0.05) is 121 Å². The summed E-state index contributed by atoms with van der Waals surface area (Å²) in [5, 5.41) is 11.5. The Hall–Kier alpha value is -5.66. The maximum absolute atomic E-state index is 6.47. The van der Waals surface area contributed by atoms with Crippen LogP contribution in [0.4, 0.5) is 0 Å². The Labute approximate surface area is 248 Å². The van der Waals surface area contributed by atoms with E-state index < -0.39 is 0 Å². The number of benzene rings is 8. The van der Waals surface area contributed by atoms with E-state index in [1.54, 1.807) is 0 Å². The van der Waals surface area contributed by atoms with Crippen LogP contribution in [0.1, 0.15) is 0 Å². The van der Waals surface area contributed by atoms with Crippen LogP contribution in [-0.4, -0.2) is 0 Å². The van der Waals surface area contributed by atoms with E-state index in [1.807, 2.05) is 0 Å². The van der Waals surface area contributed by atoms with Crippen molar-refractivity contribution in [3.8, 4) is 44.7 Å². The third kappa shape index (κ3) is 3.17. The maximum Gasteiger partial charge on any atom is 0.143 e. The Morgan fingerprint density at radius 2 is 0.884 bits per heavy atom. The molecule has 1 nitrogen and oxygen atoms in total. The van der Waals surface area contributed by atoms with Gasteiger partial charge in [0.15, 0.2) is 0 Å². The fourth-order valence-corrected chi connectivity index (χ4v) is 7.44. The van der Waals surface area contributed by atoms with Gasteiger partial charge in [-0.2, -0.15) is 0 Å². The number of fused-ring (bicyclic) bond motifs is 11. The summed E-state index contributed by atoms with van der Waals surface area (Å²) in [6, 6.07) is 53.1. The zero-order valence-electron chi connectivity index (χ0n) is 23.3. The van der Waals surface area contributed by atoms with E-state index in [4.69, 9.17) is 4.42 Å². The summed E-state index contributed by atoms with van der Waals surface area (Å²) in [7, 11) is 0. The highest BCUT2D eigenvalue weighted by molar-refractivity contribution is 6.26. The molecule has 0 unspecified atom stereocenters. The fraction of sp³-hybridized carbons (Fsp3) is 0. The van der Waals surface area contributed by atoms with Crippen LogP contribution in [0.5, 0.6) is 0 Å². The third-order valence-electron chi connectivity index (χ3n) is 9.38. The summed E-state index contributed by atoms with van der Waals surface area (Å²) in [4.78, 5) is 0. The lowest BCUT2D eigenvalue weighted by molar-refractivity contribution is 0.634. The van der Waals surface area contributed by atoms with Crippen LogP contribution >= 0.6 is 0 Å². The maximum atomic E-state index is 6.47. The first-order valence-electron chi connectivity index (χ1n) is 14.8. The Kier molecular flexibility index (Phi) is 4.51. The molecule has 1 aromatic heterocycles. The van der Waals surface area contributed by atoms with Crippen LogP contribution in [0, 0.1) is 0 Å². The molecule has 198 valence electrons. The number of furan rings is 1. The molecule has 0 saturated carbocycles. The topological polar surface area (TPSA) is 13.1 Å². The molecule has 0 aliphatic heterocycles. The molecule has 0 N–H and O–H groups in total. The van der Waals surface area contributed by atoms with Crippen molar-refractivity contribution in [1.82, 2.24) is 0 Å². The van der Waals surface area contributed by atoms with Crippen molar-refractivity contribution in [1.29, 1.82) is 0 Å². The lowest BCUT2D eigenvalue weighted by Crippen LogP contribution is -1.86. The lowest BCUT2D eigenvalue weighted by atomic mass is 9.91. The molecule has 8 aromatic carbocycles. The van der Waals surface area contributed by atoms with E-state index in [0.29, 0.717) is 0 Å². The largest absolute Gasteiger partial charge is 0.455 e. The quantitative estimate of drug-likeness (QED) is 0.197. The highest BCUT2D eigenvalue weighted by Crippen LogP contribution is 2.52. The zero-order chi connectivity index (χ0) is 28.1. The van der Waals surface area contributed by atoms with Crippen molar-refractivity contribution in [3.63, 3.8) is 0 Å². The monoisotopic (exact) mass is 544 g/mol. The Morgan fingerprint density at radius 1 is 0.349 bits per heavy atom. The predicted molar refractivity (Wildman–Crippen MR) is 182 cm³/mol. The van der Waals surface area contributed by atoms with Crippen molar-refractivity contribution in [2.24, 2.45) is 0 Å². The second kappa shape index (κ2) is 8.44. The smallest absolute Gasteiger partial charge is 0.143 e. The molecule has 0 fully saturated rings. The van der Waals surface area contributed by atoms with Gasteiger partial charge in [-0.3, -0.25) is 0 Å². The number of hydrogen-bond acceptors (Lipinski definition) is 1. The van der Waals surface area contributed by atoms with E-state index >= 15 is 0 Å². The second-order valence-electron chi connectivity index (χ2n) is 11.7. The minimum Gasteiger partial charge on any atom is -0.455 e. The average molecular weight is 545 g/mol. The van der Waals surface area contributed by atoms with Crippen molar-refractivity contribution >= 4 is 54.1 Å². The van der Waals surface area contributed by atoms with Crippen LogP contribution in [0.2, 0.25) is 0 Å². The summed E-state index contributed by atoms with van der Waals surface area (Å²) in [5.74, 6) is 0.989. The zero-order valence-corrected chi connectivity index (χ0v) is 23.3. The first kappa shape index (κ1) is 23.0. The average Bonchev–Trinajstić information content (AvgIpc) is 3.61. The van der Waals surface area contributed by atoms with Gasteiger partial charge in [0.25, 0.3) is 0 Å². The van der Waals surface area contributed by atoms with Crippen LogP contribution in [0.25, 0.3) is 98.8 Å². The van der Waals surface area contributed by atoms with Gasteiger partial charge in [-0.15, -0.1) is 0 Å². The minimum atomic E-state index is 0.935. The van der Waals surface area contributed by atoms with Crippen molar-refractivity contribution in [2.75, 3.05) is 0 Å². The molecule has 1 heterocycles. The molecule has 0 spiro atoms. The predicted octanol–water partition coefficient (Wildman–Crippen LogP) is 12.0. The first-order chi connectivity index (χ1) is 21.3. The molecule has 0 atom stereocenters. The van der Waals surface area contributed by atoms with Gasteiger partial charge in [-0.05, 0) is 89.8 Å². The molecule has 0 saturated heterocycles. The first-order valence-corrected chi connectivity index (χ1v) is 14.8. The summed E-state index contributed by atoms with van der Waals surface area (Å²) in [5.41, 5.74) is 9.44. The summed E-state index contributed by atoms with van der Waals surface area (Å²) in [6.07, 6.45) is 0. The van der Waals surface area contributed by atoms with Crippen LogP contribution in [-0.2, 0) is 0 Å². The van der Waals surface area contributed by atoms with E-state index in [-0.39, 0.29) is 0 Å². The molecular formula is C42H24O. The Bertz CT molecular complexity index is 2580. The summed E-state index contributed by atoms with van der Waals surface area (Å²) >= 11 is 0. The highest BCUT2D eigenvalue weighted by atomic mass is 16.3. The van der Waals surface area contributed by atoms with Crippen molar-refractivity contribution in [3.05, 3.63) is 146 Å². The van der Waals surface area contributed by atoms with E-state index in [1.165, 1.54) is 87.4 Å². The molecule has 43 heavy (non-hydrogen) atoms. The lowest BCUT2D eigenvalue weighted by Gasteiger charge is -2.12. The van der Waals surface area contributed by atoms with Crippen LogP contribution in [0.15, 0.2) is 150 Å². The summed E-state index contributed by atoms with van der Waals surface area (Å²) in [6.45, 7) is 0. The van der Waals surface area contributed by atoms with Crippen LogP contribution in [0.3, 0.4) is 0 Å². The molecule has 0 bridgehead atoms. The van der Waals surface area contributed by atoms with Gasteiger partial charge in [-0.25, -0.2) is 0 Å². The van der Waals surface area contributed by atoms with Crippen LogP contribution < -0.4 is 0 Å². The van der Waals surface area contributed by atoms with Gasteiger partial charge in [0.1, 0.15) is 11.3 Å². The molecule has 1 aliphatic rings. The van der Waals surface area contributed by atoms with Crippen molar-refractivity contribution < 1.29 is 4.42 Å². The van der Waals surface area contributed by atoms with Gasteiger partial charge >= 0.3 is 0 Å². The molecule has 1 aliphatic carbocycles. The van der Waals surface area contributed by atoms with Gasteiger partial charge < -0.3 is 4.42 Å². The standard InChI is InChI=1S/C42H24O/c1-2-14-32-30(12-1)31-13-3-4-15-33(31)37-23-28(18-20-34(32)37)26-10-5-11-27(22-26)29-19-21-39-38(24-29)41-35-16-6-8-25-9-7-17-36(40(25)35)42(41)43-39/h1-24H. The fourth-order valence-electron chi connectivity index (χ4n) is 7.44. The molecule has 9 aromatic rings. The molecule has 10 rings (SSSR count). The Balaban J connectivity index is 1.13. The molecule has 0 amide bonds. The molecule has 1 heteroatoms.